The zero-order valence-corrected chi connectivity index (χ0v) is 49.0. The summed E-state index contributed by atoms with van der Waals surface area (Å²) in [4.78, 5) is 71.1. The smallest absolute Gasteiger partial charge is 0.357 e. The summed E-state index contributed by atoms with van der Waals surface area (Å²) in [5.74, 6) is -1.48. The van der Waals surface area contributed by atoms with Crippen LogP contribution in [0.1, 0.15) is 50.7 Å². The zero-order chi connectivity index (χ0) is 55.0. The van der Waals surface area contributed by atoms with Crippen LogP contribution in [0.4, 0.5) is 23.3 Å². The maximum absolute atomic E-state index is 15.1. The highest BCUT2D eigenvalue weighted by atomic mass is 79.9. The van der Waals surface area contributed by atoms with Gasteiger partial charge in [-0.15, -0.1) is 11.3 Å². The Balaban J connectivity index is 0.869. The highest BCUT2D eigenvalue weighted by molar-refractivity contribution is 9.10. The number of nitrogens with zero attached hydrogens (tertiary/aromatic N) is 8. The van der Waals surface area contributed by atoms with E-state index in [1.807, 2.05) is 53.9 Å². The van der Waals surface area contributed by atoms with Crippen LogP contribution < -0.4 is 9.80 Å². The Hall–Kier alpha value is -5.87. The Morgan fingerprint density at radius 2 is 1.22 bits per heavy atom. The fourth-order valence-corrected chi connectivity index (χ4v) is 14.4. The van der Waals surface area contributed by atoms with Crippen LogP contribution in [0.15, 0.2) is 147 Å². The molecule has 0 spiro atoms. The van der Waals surface area contributed by atoms with Crippen molar-refractivity contribution in [3.8, 4) is 11.1 Å². The highest BCUT2D eigenvalue weighted by Crippen LogP contribution is 2.48. The molecule has 78 heavy (non-hydrogen) atoms. The fraction of sp³-hybridized carbons (Fsp3) is 0.200. The van der Waals surface area contributed by atoms with Gasteiger partial charge in [0.1, 0.15) is 23.4 Å². The molecule has 0 bridgehead atoms. The summed E-state index contributed by atoms with van der Waals surface area (Å²) in [6.07, 6.45) is 2.95. The first-order valence-corrected chi connectivity index (χ1v) is 29.6. The van der Waals surface area contributed by atoms with Gasteiger partial charge in [-0.25, -0.2) is 33.0 Å². The predicted octanol–water partition coefficient (Wildman–Crippen LogP) is 12.7. The molecule has 398 valence electrons. The molecular formula is C55H42Br2Cl4N8O7S2. The van der Waals surface area contributed by atoms with Crippen molar-refractivity contribution in [3.05, 3.63) is 189 Å². The lowest BCUT2D eigenvalue weighted by molar-refractivity contribution is -0.124. The number of esters is 1. The molecule has 0 N–H and O–H groups in total. The van der Waals surface area contributed by atoms with Crippen LogP contribution in [0.3, 0.4) is 0 Å². The summed E-state index contributed by atoms with van der Waals surface area (Å²) >= 11 is 35.4. The fourth-order valence-electron chi connectivity index (χ4n) is 10.4. The average Bonchev–Trinajstić information content (AvgIpc) is 4.20. The number of ether oxygens (including phenoxy) is 1. The number of thiophene rings is 1. The number of sulfonamides is 1. The van der Waals surface area contributed by atoms with Crippen LogP contribution in [0.5, 0.6) is 0 Å². The topological polar surface area (TPSA) is 160 Å². The van der Waals surface area contributed by atoms with Crippen molar-refractivity contribution in [3.63, 3.8) is 0 Å². The number of carbonyl (C=O) groups is 4. The van der Waals surface area contributed by atoms with Gasteiger partial charge in [0.25, 0.3) is 27.7 Å². The van der Waals surface area contributed by atoms with E-state index in [-0.39, 0.29) is 95.8 Å². The maximum Gasteiger partial charge on any atom is 0.357 e. The van der Waals surface area contributed by atoms with Gasteiger partial charge >= 0.3 is 5.97 Å². The van der Waals surface area contributed by atoms with Gasteiger partial charge in [0, 0.05) is 63.6 Å². The molecule has 1 saturated heterocycles. The molecule has 11 rings (SSSR count). The standard InChI is InChI=1S/C55H42Br2Cl4N8O7S2/c1-54(27-32-8-12-36(56)13-9-32)50(72)66(40-23-38(58)22-39(59)24-40)52-62-29-44(68(52)54)49(71)76-31-34-5-3-6-35(21-34)47-42(60)25-41(26-43(47)61)67-51(73)55(2,28-33-10-14-37(57)15-11-33)69-46(30-63-53(67)69)78(74,75)65-18-16-64(17-19-65)48(70)45-7-4-20-77-45/h3-15,20-26,29-30H,16-19,27-28,31H2,1-2H3/t54?,55-/m1/s1. The third kappa shape index (κ3) is 9.67. The number of imidazole rings is 2. The van der Waals surface area contributed by atoms with E-state index in [1.54, 1.807) is 90.0 Å². The number of fused-ring (bicyclic) bond motifs is 2. The summed E-state index contributed by atoms with van der Waals surface area (Å²) in [6, 6.07) is 33.5. The van der Waals surface area contributed by atoms with Crippen molar-refractivity contribution in [1.29, 1.82) is 0 Å². The van der Waals surface area contributed by atoms with E-state index in [2.05, 4.69) is 41.8 Å². The monoisotopic (exact) mass is 1290 g/mol. The molecule has 5 aromatic carbocycles. The van der Waals surface area contributed by atoms with E-state index >= 15 is 4.79 Å². The van der Waals surface area contributed by atoms with Crippen molar-refractivity contribution < 1.29 is 32.3 Å². The Morgan fingerprint density at radius 3 is 1.79 bits per heavy atom. The second kappa shape index (κ2) is 21.0. The van der Waals surface area contributed by atoms with Crippen LogP contribution >= 0.6 is 89.6 Å². The lowest BCUT2D eigenvalue weighted by atomic mass is 9.91. The third-order valence-corrected chi connectivity index (χ3v) is 18.9. The summed E-state index contributed by atoms with van der Waals surface area (Å²) in [7, 11) is -4.27. The number of piperazine rings is 1. The minimum atomic E-state index is -4.27. The molecular weight excluding hydrogens is 1250 g/mol. The minimum Gasteiger partial charge on any atom is -0.456 e. The van der Waals surface area contributed by atoms with Gasteiger partial charge in [0.05, 0.1) is 38.7 Å². The maximum atomic E-state index is 15.1. The van der Waals surface area contributed by atoms with Crippen molar-refractivity contribution in [1.82, 2.24) is 28.3 Å². The number of carbonyl (C=O) groups excluding carboxylic acids is 4. The number of rotatable bonds is 13. The molecule has 0 aliphatic carbocycles. The van der Waals surface area contributed by atoms with Gasteiger partial charge in [-0.3, -0.25) is 23.5 Å². The number of hydrogen-bond donors (Lipinski definition) is 0. The number of benzene rings is 5. The van der Waals surface area contributed by atoms with E-state index in [4.69, 9.17) is 51.1 Å². The van der Waals surface area contributed by atoms with Crippen LogP contribution in [0.2, 0.25) is 20.1 Å². The molecule has 8 aromatic rings. The van der Waals surface area contributed by atoms with Gasteiger partial charge in [-0.1, -0.05) is 127 Å². The zero-order valence-electron chi connectivity index (χ0n) is 41.2. The highest BCUT2D eigenvalue weighted by Gasteiger charge is 2.54. The molecule has 3 amide bonds. The number of amides is 3. The molecule has 15 nitrogen and oxygen atoms in total. The normalized spacial score (nSPS) is 18.4. The predicted molar refractivity (Wildman–Crippen MR) is 308 cm³/mol. The Bertz CT molecular complexity index is 3810. The lowest BCUT2D eigenvalue weighted by Crippen LogP contribution is -2.51. The van der Waals surface area contributed by atoms with E-state index in [1.165, 1.54) is 42.4 Å². The van der Waals surface area contributed by atoms with Crippen molar-refractivity contribution in [2.75, 3.05) is 36.0 Å². The van der Waals surface area contributed by atoms with Crippen molar-refractivity contribution in [2.24, 2.45) is 0 Å². The molecule has 0 radical (unpaired) electrons. The van der Waals surface area contributed by atoms with Crippen LogP contribution in [0.25, 0.3) is 11.1 Å². The molecule has 3 aromatic heterocycles. The summed E-state index contributed by atoms with van der Waals surface area (Å²) in [5, 5.41) is 2.60. The average molecular weight is 1290 g/mol. The van der Waals surface area contributed by atoms with E-state index in [0.29, 0.717) is 37.3 Å². The molecule has 0 saturated carbocycles. The molecule has 2 atom stereocenters. The number of hydrogen-bond acceptors (Lipinski definition) is 10. The number of anilines is 4. The van der Waals surface area contributed by atoms with Gasteiger partial charge in [-0.05, 0) is 108 Å². The lowest BCUT2D eigenvalue weighted by Gasteiger charge is -2.34. The summed E-state index contributed by atoms with van der Waals surface area (Å²) < 4.78 is 41.4. The Morgan fingerprint density at radius 1 is 0.667 bits per heavy atom. The van der Waals surface area contributed by atoms with Gasteiger partial charge in [0.15, 0.2) is 5.03 Å². The Kier molecular flexibility index (Phi) is 14.6. The minimum absolute atomic E-state index is 0.0418. The molecule has 6 heterocycles. The number of halogens is 6. The van der Waals surface area contributed by atoms with Gasteiger partial charge in [-0.2, -0.15) is 4.31 Å². The number of aromatic nitrogens is 4. The Labute approximate surface area is 489 Å². The first kappa shape index (κ1) is 54.1. The molecule has 23 heteroatoms. The quantitative estimate of drug-likeness (QED) is 0.102. The SMILES string of the molecule is CC1(Cc2ccc(Br)cc2)C(=O)N(c2cc(Cl)cc(Cl)c2)c2ncc(C(=O)OCc3cccc(-c4c(Cl)cc(N5C(=O)[C@@](C)(Cc6ccc(Br)cc6)n6c(S(=O)(=O)N7CCN(C(=O)c8cccs8)CC7)cnc65)cc4Cl)c3)n21. The van der Waals surface area contributed by atoms with Gasteiger partial charge in [0.2, 0.25) is 11.9 Å². The van der Waals surface area contributed by atoms with Crippen LogP contribution in [-0.4, -0.2) is 86.6 Å². The van der Waals surface area contributed by atoms with E-state index in [0.717, 1.165) is 20.1 Å². The van der Waals surface area contributed by atoms with Crippen LogP contribution in [-0.2, 0) is 54.9 Å². The van der Waals surface area contributed by atoms with Crippen molar-refractivity contribution >= 4 is 147 Å². The third-order valence-electron chi connectivity index (χ3n) is 14.1. The molecule has 1 fully saturated rings. The van der Waals surface area contributed by atoms with Crippen LogP contribution in [0, 0.1) is 0 Å². The second-order valence-electron chi connectivity index (χ2n) is 19.3. The van der Waals surface area contributed by atoms with E-state index in [9.17, 15) is 22.8 Å². The van der Waals surface area contributed by atoms with Crippen molar-refractivity contribution in [2.45, 2.75) is 49.4 Å². The second-order valence-corrected chi connectivity index (χ2v) is 25.7. The molecule has 3 aliphatic heterocycles. The summed E-state index contributed by atoms with van der Waals surface area (Å²) in [6.45, 7) is 3.68. The largest absolute Gasteiger partial charge is 0.456 e. The van der Waals surface area contributed by atoms with Gasteiger partial charge < -0.3 is 9.64 Å². The first-order valence-electron chi connectivity index (χ1n) is 24.1. The summed E-state index contributed by atoms with van der Waals surface area (Å²) in [5.41, 5.74) is 0.999. The first-order chi connectivity index (χ1) is 37.2. The molecule has 1 unspecified atom stereocenters. The van der Waals surface area contributed by atoms with E-state index < -0.39 is 33.0 Å². The molecule has 3 aliphatic rings.